The number of nitrogen functional groups attached to an aromatic ring is 1. The van der Waals surface area contributed by atoms with Gasteiger partial charge in [0.05, 0.1) is 16.6 Å². The summed E-state index contributed by atoms with van der Waals surface area (Å²) in [6.07, 6.45) is 0. The first-order valence-corrected chi connectivity index (χ1v) is 6.36. The summed E-state index contributed by atoms with van der Waals surface area (Å²) in [7, 11) is 0. The van der Waals surface area contributed by atoms with Crippen LogP contribution in [0.2, 0.25) is 4.34 Å². The molecule has 6 heteroatoms. The van der Waals surface area contributed by atoms with Gasteiger partial charge in [-0.3, -0.25) is 4.79 Å². The van der Waals surface area contributed by atoms with Crippen LogP contribution in [0.25, 0.3) is 0 Å². The van der Waals surface area contributed by atoms with E-state index in [1.54, 1.807) is 12.1 Å². The van der Waals surface area contributed by atoms with Crippen LogP contribution >= 0.6 is 22.9 Å². The zero-order valence-electron chi connectivity index (χ0n) is 9.31. The summed E-state index contributed by atoms with van der Waals surface area (Å²) in [5.41, 5.74) is 6.07. The predicted molar refractivity (Wildman–Crippen MR) is 73.0 cm³/mol. The van der Waals surface area contributed by atoms with E-state index in [0.29, 0.717) is 16.4 Å². The van der Waals surface area contributed by atoms with Crippen molar-refractivity contribution in [3.63, 3.8) is 0 Å². The molecule has 1 aromatic carbocycles. The number of carbonyl (C=O) groups excluding carboxylic acids is 1. The van der Waals surface area contributed by atoms with Crippen molar-refractivity contribution in [1.82, 2.24) is 5.32 Å². The number of aromatic hydroxyl groups is 1. The number of nitrogens with two attached hydrogens (primary N) is 1. The molecule has 0 saturated heterocycles. The molecule has 0 aliphatic rings. The summed E-state index contributed by atoms with van der Waals surface area (Å²) in [5.74, 6) is -0.364. The van der Waals surface area contributed by atoms with E-state index in [1.165, 1.54) is 23.5 Å². The minimum atomic E-state index is -0.269. The fraction of sp³-hybridized carbons (Fsp3) is 0.0833. The van der Waals surface area contributed by atoms with Gasteiger partial charge in [0.2, 0.25) is 0 Å². The standard InChI is InChI=1S/C12H11ClN2O2S/c13-11-4-2-8(18-11)6-15-12(17)7-1-3-9(14)10(16)5-7/h1-5,16H,6,14H2,(H,15,17). The Morgan fingerprint density at radius 2 is 2.17 bits per heavy atom. The summed E-state index contributed by atoms with van der Waals surface area (Å²) < 4.78 is 0.685. The summed E-state index contributed by atoms with van der Waals surface area (Å²) in [6, 6.07) is 8.03. The van der Waals surface area contributed by atoms with E-state index < -0.39 is 0 Å². The van der Waals surface area contributed by atoms with Crippen LogP contribution in [0.5, 0.6) is 5.75 Å². The van der Waals surface area contributed by atoms with Gasteiger partial charge in [-0.1, -0.05) is 11.6 Å². The lowest BCUT2D eigenvalue weighted by Gasteiger charge is -2.05. The molecule has 18 heavy (non-hydrogen) atoms. The molecule has 0 bridgehead atoms. The van der Waals surface area contributed by atoms with Crippen molar-refractivity contribution in [2.75, 3.05) is 5.73 Å². The third kappa shape index (κ3) is 2.94. The number of halogens is 1. The highest BCUT2D eigenvalue weighted by Crippen LogP contribution is 2.22. The monoisotopic (exact) mass is 282 g/mol. The van der Waals surface area contributed by atoms with Crippen LogP contribution in [0, 0.1) is 0 Å². The minimum Gasteiger partial charge on any atom is -0.506 e. The maximum atomic E-state index is 11.8. The SMILES string of the molecule is Nc1ccc(C(=O)NCc2ccc(Cl)s2)cc1O. The molecular formula is C12H11ClN2O2S. The average molecular weight is 283 g/mol. The first kappa shape index (κ1) is 12.7. The van der Waals surface area contributed by atoms with Gasteiger partial charge in [-0.25, -0.2) is 0 Å². The van der Waals surface area contributed by atoms with Crippen LogP contribution in [-0.4, -0.2) is 11.0 Å². The molecule has 1 heterocycles. The molecule has 0 fully saturated rings. The number of hydrogen-bond acceptors (Lipinski definition) is 4. The third-order valence-electron chi connectivity index (χ3n) is 2.34. The second kappa shape index (κ2) is 5.29. The van der Waals surface area contributed by atoms with Crippen molar-refractivity contribution in [3.05, 3.63) is 45.1 Å². The molecule has 4 nitrogen and oxygen atoms in total. The zero-order valence-corrected chi connectivity index (χ0v) is 10.9. The molecule has 1 aromatic heterocycles. The number of phenols is 1. The molecule has 0 aliphatic carbocycles. The van der Waals surface area contributed by atoms with Gasteiger partial charge in [-0.05, 0) is 30.3 Å². The van der Waals surface area contributed by atoms with Gasteiger partial charge in [0, 0.05) is 10.4 Å². The Hall–Kier alpha value is -1.72. The van der Waals surface area contributed by atoms with E-state index in [9.17, 15) is 9.90 Å². The first-order valence-electron chi connectivity index (χ1n) is 5.17. The van der Waals surface area contributed by atoms with E-state index in [0.717, 1.165) is 4.88 Å². The highest BCUT2D eigenvalue weighted by molar-refractivity contribution is 7.16. The van der Waals surface area contributed by atoms with Crippen LogP contribution in [0.1, 0.15) is 15.2 Å². The lowest BCUT2D eigenvalue weighted by atomic mass is 10.2. The lowest BCUT2D eigenvalue weighted by Crippen LogP contribution is -2.22. The number of phenolic OH excluding ortho intramolecular Hbond substituents is 1. The highest BCUT2D eigenvalue weighted by atomic mass is 35.5. The molecule has 94 valence electrons. The highest BCUT2D eigenvalue weighted by Gasteiger charge is 2.08. The van der Waals surface area contributed by atoms with Gasteiger partial charge in [0.15, 0.2) is 0 Å². The topological polar surface area (TPSA) is 75.4 Å². The Balaban J connectivity index is 2.01. The second-order valence-corrected chi connectivity index (χ2v) is 5.46. The number of nitrogens with one attached hydrogen (secondary N) is 1. The first-order chi connectivity index (χ1) is 8.56. The van der Waals surface area contributed by atoms with Crippen molar-refractivity contribution in [2.45, 2.75) is 6.54 Å². The summed E-state index contributed by atoms with van der Waals surface area (Å²) in [6.45, 7) is 0.404. The van der Waals surface area contributed by atoms with E-state index in [4.69, 9.17) is 17.3 Å². The average Bonchev–Trinajstić information content (AvgIpc) is 2.75. The van der Waals surface area contributed by atoms with Gasteiger partial charge < -0.3 is 16.2 Å². The van der Waals surface area contributed by atoms with Crippen LogP contribution < -0.4 is 11.1 Å². The number of rotatable bonds is 3. The number of amides is 1. The number of benzene rings is 1. The predicted octanol–water partition coefficient (Wildman–Crippen LogP) is 2.62. The molecule has 0 radical (unpaired) electrons. The molecule has 0 spiro atoms. The summed E-state index contributed by atoms with van der Waals surface area (Å²) >= 11 is 7.20. The molecule has 0 aliphatic heterocycles. The number of hydrogen-bond donors (Lipinski definition) is 3. The molecule has 4 N–H and O–H groups in total. The molecule has 0 atom stereocenters. The quantitative estimate of drug-likeness (QED) is 0.598. The van der Waals surface area contributed by atoms with Gasteiger partial charge >= 0.3 is 0 Å². The fourth-order valence-electron chi connectivity index (χ4n) is 1.40. The smallest absolute Gasteiger partial charge is 0.251 e. The largest absolute Gasteiger partial charge is 0.506 e. The Bertz CT molecular complexity index is 583. The van der Waals surface area contributed by atoms with Gasteiger partial charge in [-0.15, -0.1) is 11.3 Å². The van der Waals surface area contributed by atoms with Gasteiger partial charge in [0.25, 0.3) is 5.91 Å². The maximum absolute atomic E-state index is 11.8. The van der Waals surface area contributed by atoms with E-state index >= 15 is 0 Å². The van der Waals surface area contributed by atoms with E-state index in [2.05, 4.69) is 5.32 Å². The van der Waals surface area contributed by atoms with Crippen molar-refractivity contribution in [2.24, 2.45) is 0 Å². The minimum absolute atomic E-state index is 0.0955. The molecule has 2 aromatic rings. The van der Waals surface area contributed by atoms with Crippen LogP contribution in [0.15, 0.2) is 30.3 Å². The number of thiophene rings is 1. The maximum Gasteiger partial charge on any atom is 0.251 e. The molecule has 2 rings (SSSR count). The Labute approximate surface area is 113 Å². The summed E-state index contributed by atoms with van der Waals surface area (Å²) in [5, 5.41) is 12.2. The summed E-state index contributed by atoms with van der Waals surface area (Å²) in [4.78, 5) is 12.8. The van der Waals surface area contributed by atoms with Crippen LogP contribution in [0.4, 0.5) is 5.69 Å². The lowest BCUT2D eigenvalue weighted by molar-refractivity contribution is 0.0951. The number of anilines is 1. The van der Waals surface area contributed by atoms with E-state index in [1.807, 2.05) is 6.07 Å². The Morgan fingerprint density at radius 3 is 2.78 bits per heavy atom. The Kier molecular flexibility index (Phi) is 3.74. The Morgan fingerprint density at radius 1 is 1.39 bits per heavy atom. The molecular weight excluding hydrogens is 272 g/mol. The fourth-order valence-corrected chi connectivity index (χ4v) is 2.43. The van der Waals surface area contributed by atoms with Crippen molar-refractivity contribution in [1.29, 1.82) is 0 Å². The van der Waals surface area contributed by atoms with Crippen LogP contribution in [-0.2, 0) is 6.54 Å². The van der Waals surface area contributed by atoms with Crippen molar-refractivity contribution >= 4 is 34.5 Å². The molecule has 1 amide bonds. The van der Waals surface area contributed by atoms with Gasteiger partial charge in [0.1, 0.15) is 5.75 Å². The molecule has 0 saturated carbocycles. The van der Waals surface area contributed by atoms with Crippen molar-refractivity contribution in [3.8, 4) is 5.75 Å². The zero-order chi connectivity index (χ0) is 13.1. The normalized spacial score (nSPS) is 10.3. The molecule has 0 unspecified atom stereocenters. The van der Waals surface area contributed by atoms with Crippen molar-refractivity contribution < 1.29 is 9.90 Å². The number of carbonyl (C=O) groups is 1. The van der Waals surface area contributed by atoms with E-state index in [-0.39, 0.29) is 17.3 Å². The third-order valence-corrected chi connectivity index (χ3v) is 3.58. The van der Waals surface area contributed by atoms with Gasteiger partial charge in [-0.2, -0.15) is 0 Å². The second-order valence-electron chi connectivity index (χ2n) is 3.66. The van der Waals surface area contributed by atoms with Crippen LogP contribution in [0.3, 0.4) is 0 Å².